The van der Waals surface area contributed by atoms with Crippen molar-refractivity contribution in [2.24, 2.45) is 0 Å². The monoisotopic (exact) mass is 191 g/mol. The second-order valence-corrected chi connectivity index (χ2v) is 3.15. The van der Waals surface area contributed by atoms with Gasteiger partial charge in [0.1, 0.15) is 0 Å². The Kier molecular flexibility index (Phi) is 1.77. The second-order valence-electron chi connectivity index (χ2n) is 3.15. The molecule has 14 heavy (non-hydrogen) atoms. The van der Waals surface area contributed by atoms with Gasteiger partial charge in [0.25, 0.3) is 0 Å². The maximum atomic E-state index is 10.9. The van der Waals surface area contributed by atoms with Crippen LogP contribution in [0.3, 0.4) is 0 Å². The molecule has 1 atom stereocenters. The van der Waals surface area contributed by atoms with E-state index in [0.717, 1.165) is 5.56 Å². The summed E-state index contributed by atoms with van der Waals surface area (Å²) in [4.78, 5) is 14.9. The first-order valence-corrected chi connectivity index (χ1v) is 4.13. The topological polar surface area (TPSA) is 48.4 Å². The first-order chi connectivity index (χ1) is 6.63. The first-order valence-electron chi connectivity index (χ1n) is 4.13. The Balaban J connectivity index is 2.43. The lowest BCUT2D eigenvalue weighted by Gasteiger charge is -2.19. The van der Waals surface area contributed by atoms with Crippen LogP contribution in [0.4, 0.5) is 4.79 Å². The molecule has 4 heteroatoms. The van der Waals surface area contributed by atoms with Crippen molar-refractivity contribution in [2.75, 3.05) is 0 Å². The Morgan fingerprint density at radius 2 is 2.36 bits per heavy atom. The van der Waals surface area contributed by atoms with Gasteiger partial charge in [-0.1, -0.05) is 12.6 Å². The molecule has 0 amide bonds. The van der Waals surface area contributed by atoms with Crippen molar-refractivity contribution < 1.29 is 14.3 Å². The lowest BCUT2D eigenvalue weighted by Crippen LogP contribution is -2.22. The molecule has 0 spiro atoms. The molecule has 0 radical (unpaired) electrons. The molecule has 0 saturated carbocycles. The minimum atomic E-state index is -0.911. The van der Waals surface area contributed by atoms with Gasteiger partial charge >= 0.3 is 6.16 Å². The number of aromatic nitrogens is 1. The van der Waals surface area contributed by atoms with Crippen molar-refractivity contribution in [2.45, 2.75) is 12.5 Å². The Morgan fingerprint density at radius 1 is 1.57 bits per heavy atom. The van der Waals surface area contributed by atoms with Crippen LogP contribution < -0.4 is 0 Å². The van der Waals surface area contributed by atoms with Crippen LogP contribution in [0.2, 0.25) is 0 Å². The summed E-state index contributed by atoms with van der Waals surface area (Å²) in [6, 6.07) is 3.57. The predicted molar refractivity (Wildman–Crippen MR) is 48.3 cm³/mol. The van der Waals surface area contributed by atoms with Crippen molar-refractivity contribution in [1.29, 1.82) is 0 Å². The zero-order valence-corrected chi connectivity index (χ0v) is 7.69. The predicted octanol–water partition coefficient (Wildman–Crippen LogP) is 1.98. The van der Waals surface area contributed by atoms with Gasteiger partial charge in [-0.15, -0.1) is 0 Å². The smallest absolute Gasteiger partial charge is 0.414 e. The molecule has 0 aromatic carbocycles. The molecular weight excluding hydrogens is 182 g/mol. The highest BCUT2D eigenvalue weighted by atomic mass is 16.8. The van der Waals surface area contributed by atoms with E-state index < -0.39 is 11.8 Å². The Labute approximate surface area is 81.2 Å². The van der Waals surface area contributed by atoms with Crippen molar-refractivity contribution in [3.05, 3.63) is 42.4 Å². The number of cyclic esters (lactones) is 2. The number of nitrogens with zero attached hydrogens (tertiary/aromatic N) is 1. The summed E-state index contributed by atoms with van der Waals surface area (Å²) in [5.74, 6) is 0.288. The fraction of sp³-hybridized carbons (Fsp3) is 0.200. The van der Waals surface area contributed by atoms with Crippen LogP contribution in [-0.2, 0) is 15.1 Å². The van der Waals surface area contributed by atoms with Crippen LogP contribution in [-0.4, -0.2) is 11.1 Å². The third-order valence-electron chi connectivity index (χ3n) is 2.24. The van der Waals surface area contributed by atoms with Crippen molar-refractivity contribution in [3.8, 4) is 0 Å². The lowest BCUT2D eigenvalue weighted by atomic mass is 9.96. The van der Waals surface area contributed by atoms with Crippen LogP contribution in [0.25, 0.3) is 0 Å². The Hall–Kier alpha value is -1.84. The highest BCUT2D eigenvalue weighted by Crippen LogP contribution is 2.38. The summed E-state index contributed by atoms with van der Waals surface area (Å²) in [5.41, 5.74) is -0.165. The highest BCUT2D eigenvalue weighted by molar-refractivity contribution is 5.66. The molecule has 1 saturated heterocycles. The largest absolute Gasteiger partial charge is 0.515 e. The average molecular weight is 191 g/mol. The summed E-state index contributed by atoms with van der Waals surface area (Å²) in [5, 5.41) is 0. The fourth-order valence-corrected chi connectivity index (χ4v) is 1.31. The summed E-state index contributed by atoms with van der Waals surface area (Å²) >= 11 is 0. The van der Waals surface area contributed by atoms with Gasteiger partial charge in [0, 0.05) is 18.0 Å². The molecule has 0 N–H and O–H groups in total. The minimum absolute atomic E-state index is 0.288. The highest BCUT2D eigenvalue weighted by Gasteiger charge is 2.44. The van der Waals surface area contributed by atoms with E-state index in [-0.39, 0.29) is 5.76 Å². The normalized spacial score (nSPS) is 25.8. The van der Waals surface area contributed by atoms with Gasteiger partial charge in [-0.3, -0.25) is 4.98 Å². The maximum absolute atomic E-state index is 10.9. The maximum Gasteiger partial charge on any atom is 0.515 e. The van der Waals surface area contributed by atoms with Crippen molar-refractivity contribution in [3.63, 3.8) is 0 Å². The third kappa shape index (κ3) is 1.16. The summed E-state index contributed by atoms with van der Waals surface area (Å²) in [6.45, 7) is 5.36. The van der Waals surface area contributed by atoms with E-state index >= 15 is 0 Å². The van der Waals surface area contributed by atoms with Crippen molar-refractivity contribution in [1.82, 2.24) is 4.98 Å². The van der Waals surface area contributed by atoms with Crippen LogP contribution in [0.5, 0.6) is 0 Å². The van der Waals surface area contributed by atoms with E-state index in [2.05, 4.69) is 11.6 Å². The quantitative estimate of drug-likeness (QED) is 0.637. The molecular formula is C10H9NO3. The van der Waals surface area contributed by atoms with Gasteiger partial charge in [0.15, 0.2) is 11.4 Å². The van der Waals surface area contributed by atoms with E-state index in [4.69, 9.17) is 9.47 Å². The van der Waals surface area contributed by atoms with E-state index in [0.29, 0.717) is 0 Å². The Morgan fingerprint density at radius 3 is 2.86 bits per heavy atom. The van der Waals surface area contributed by atoms with Crippen molar-refractivity contribution >= 4 is 6.16 Å². The number of ether oxygens (including phenoxy) is 2. The van der Waals surface area contributed by atoms with Crippen LogP contribution in [0.15, 0.2) is 36.9 Å². The van der Waals surface area contributed by atoms with Crippen LogP contribution in [0, 0.1) is 0 Å². The zero-order chi connectivity index (χ0) is 10.2. The Bertz CT molecular complexity index is 388. The molecule has 2 heterocycles. The molecule has 2 rings (SSSR count). The van der Waals surface area contributed by atoms with E-state index in [9.17, 15) is 4.79 Å². The fourth-order valence-electron chi connectivity index (χ4n) is 1.31. The number of carbonyl (C=O) groups excluding carboxylic acids is 1. The lowest BCUT2D eigenvalue weighted by molar-refractivity contribution is 0.0754. The molecule has 1 aliphatic heterocycles. The number of rotatable bonds is 1. The average Bonchev–Trinajstić information content (AvgIpc) is 2.43. The number of pyridine rings is 1. The molecule has 0 unspecified atom stereocenters. The molecule has 72 valence electrons. The second kappa shape index (κ2) is 2.83. The summed E-state index contributed by atoms with van der Waals surface area (Å²) in [7, 11) is 0. The van der Waals surface area contributed by atoms with Gasteiger partial charge < -0.3 is 9.47 Å². The molecule has 1 aliphatic rings. The molecule has 0 aliphatic carbocycles. The summed E-state index contributed by atoms with van der Waals surface area (Å²) in [6.07, 6.45) is 2.54. The minimum Gasteiger partial charge on any atom is -0.414 e. The molecule has 4 nitrogen and oxygen atoms in total. The zero-order valence-electron chi connectivity index (χ0n) is 7.69. The van der Waals surface area contributed by atoms with Gasteiger partial charge in [0.2, 0.25) is 0 Å². The number of hydrogen-bond acceptors (Lipinski definition) is 4. The molecule has 1 aromatic heterocycles. The van der Waals surface area contributed by atoms with E-state index in [1.165, 1.54) is 0 Å². The van der Waals surface area contributed by atoms with Gasteiger partial charge in [-0.2, -0.15) is 0 Å². The number of hydrogen-bond donors (Lipinski definition) is 0. The van der Waals surface area contributed by atoms with Crippen LogP contribution in [0.1, 0.15) is 12.5 Å². The molecule has 1 aromatic rings. The first kappa shape index (κ1) is 8.74. The van der Waals surface area contributed by atoms with Gasteiger partial charge in [-0.05, 0) is 13.0 Å². The van der Waals surface area contributed by atoms with Crippen LogP contribution >= 0.6 is 0 Å². The third-order valence-corrected chi connectivity index (χ3v) is 2.24. The standard InChI is InChI=1S/C10H9NO3/c1-7-10(2,14-9(12)13-7)8-4-3-5-11-6-8/h3-6H,1H2,2H3/t10-/m0/s1. The van der Waals surface area contributed by atoms with E-state index in [1.807, 2.05) is 0 Å². The van der Waals surface area contributed by atoms with Gasteiger partial charge in [-0.25, -0.2) is 4.79 Å². The number of carbonyl (C=O) groups is 1. The SMILES string of the molecule is C=C1OC(=O)O[C@]1(C)c1cccnc1. The summed E-state index contributed by atoms with van der Waals surface area (Å²) < 4.78 is 9.79. The molecule has 1 fully saturated rings. The van der Waals surface area contributed by atoms with Gasteiger partial charge in [0.05, 0.1) is 0 Å². The van der Waals surface area contributed by atoms with E-state index in [1.54, 1.807) is 31.5 Å². The molecule has 0 bridgehead atoms.